The molecule has 0 aliphatic rings. The summed E-state index contributed by atoms with van der Waals surface area (Å²) < 4.78 is 5.36. The van der Waals surface area contributed by atoms with Gasteiger partial charge in [-0.15, -0.1) is 0 Å². The molecule has 0 saturated carbocycles. The normalized spacial score (nSPS) is 10.9. The van der Waals surface area contributed by atoms with Gasteiger partial charge in [0.25, 0.3) is 0 Å². The van der Waals surface area contributed by atoms with E-state index in [2.05, 4.69) is 5.32 Å². The number of benzene rings is 1. The fourth-order valence-corrected chi connectivity index (χ4v) is 1.76. The molecule has 0 spiro atoms. The molecule has 22 heavy (non-hydrogen) atoms. The summed E-state index contributed by atoms with van der Waals surface area (Å²) in [5, 5.41) is 2.65. The summed E-state index contributed by atoms with van der Waals surface area (Å²) in [6.45, 7) is 6.36. The molecule has 1 aromatic rings. The third kappa shape index (κ3) is 7.08. The van der Waals surface area contributed by atoms with Gasteiger partial charge in [0.1, 0.15) is 12.1 Å². The van der Waals surface area contributed by atoms with Crippen LogP contribution in [0, 0.1) is 0 Å². The van der Waals surface area contributed by atoms with Gasteiger partial charge >= 0.3 is 6.09 Å². The van der Waals surface area contributed by atoms with Crippen molar-refractivity contribution in [2.24, 2.45) is 5.73 Å². The second kappa shape index (κ2) is 8.38. The zero-order valence-electron chi connectivity index (χ0n) is 13.5. The first kappa shape index (κ1) is 18.0. The third-order valence-corrected chi connectivity index (χ3v) is 2.67. The van der Waals surface area contributed by atoms with Crippen molar-refractivity contribution in [2.75, 3.05) is 19.6 Å². The Morgan fingerprint density at radius 1 is 1.23 bits per heavy atom. The highest BCUT2D eigenvalue weighted by atomic mass is 16.6. The molecule has 6 heteroatoms. The minimum atomic E-state index is -0.611. The second-order valence-corrected chi connectivity index (χ2v) is 5.96. The van der Waals surface area contributed by atoms with Crippen LogP contribution in [-0.2, 0) is 16.1 Å². The van der Waals surface area contributed by atoms with Gasteiger partial charge in [-0.05, 0) is 26.3 Å². The van der Waals surface area contributed by atoms with Crippen molar-refractivity contribution < 1.29 is 14.3 Å². The molecule has 0 saturated heterocycles. The monoisotopic (exact) mass is 307 g/mol. The molecule has 0 aliphatic carbocycles. The molecule has 0 unspecified atom stereocenters. The molecule has 0 aliphatic heterocycles. The van der Waals surface area contributed by atoms with Gasteiger partial charge < -0.3 is 15.8 Å². The van der Waals surface area contributed by atoms with Crippen LogP contribution in [0.5, 0.6) is 0 Å². The molecule has 122 valence electrons. The predicted octanol–water partition coefficient (Wildman–Crippen LogP) is 1.50. The van der Waals surface area contributed by atoms with Crippen molar-refractivity contribution in [3.63, 3.8) is 0 Å². The van der Waals surface area contributed by atoms with Crippen molar-refractivity contribution in [3.8, 4) is 0 Å². The second-order valence-electron chi connectivity index (χ2n) is 5.96. The lowest BCUT2D eigenvalue weighted by molar-refractivity contribution is -0.122. The Bertz CT molecular complexity index is 483. The first-order valence-corrected chi connectivity index (χ1v) is 7.30. The van der Waals surface area contributed by atoms with Crippen molar-refractivity contribution in [1.29, 1.82) is 0 Å². The van der Waals surface area contributed by atoms with E-state index in [9.17, 15) is 9.59 Å². The van der Waals surface area contributed by atoms with Gasteiger partial charge in [0.15, 0.2) is 0 Å². The Hall–Kier alpha value is -2.08. The number of nitrogens with one attached hydrogen (secondary N) is 1. The van der Waals surface area contributed by atoms with Gasteiger partial charge in [0, 0.05) is 19.6 Å². The van der Waals surface area contributed by atoms with E-state index < -0.39 is 11.7 Å². The average molecular weight is 307 g/mol. The molecule has 1 rings (SSSR count). The van der Waals surface area contributed by atoms with Crippen LogP contribution >= 0.6 is 0 Å². The molecule has 0 heterocycles. The first-order valence-electron chi connectivity index (χ1n) is 7.30. The van der Waals surface area contributed by atoms with Crippen molar-refractivity contribution in [2.45, 2.75) is 32.9 Å². The van der Waals surface area contributed by atoms with Crippen molar-refractivity contribution in [1.82, 2.24) is 10.2 Å². The van der Waals surface area contributed by atoms with Crippen LogP contribution in [0.2, 0.25) is 0 Å². The number of nitrogens with zero attached hydrogens (tertiary/aromatic N) is 1. The van der Waals surface area contributed by atoms with E-state index in [1.807, 2.05) is 30.3 Å². The topological polar surface area (TPSA) is 84.7 Å². The number of hydrogen-bond acceptors (Lipinski definition) is 4. The summed E-state index contributed by atoms with van der Waals surface area (Å²) in [6, 6.07) is 9.47. The van der Waals surface area contributed by atoms with Crippen LogP contribution in [0.1, 0.15) is 26.3 Å². The Morgan fingerprint density at radius 3 is 2.41 bits per heavy atom. The fraction of sp³-hybridized carbons (Fsp3) is 0.500. The lowest BCUT2D eigenvalue weighted by Crippen LogP contribution is -2.43. The lowest BCUT2D eigenvalue weighted by atomic mass is 10.2. The minimum Gasteiger partial charge on any atom is -0.444 e. The molecule has 0 aromatic heterocycles. The van der Waals surface area contributed by atoms with Crippen LogP contribution in [0.15, 0.2) is 30.3 Å². The quantitative estimate of drug-likeness (QED) is 0.834. The van der Waals surface area contributed by atoms with Gasteiger partial charge in [-0.25, -0.2) is 4.79 Å². The van der Waals surface area contributed by atoms with E-state index in [4.69, 9.17) is 10.5 Å². The van der Waals surface area contributed by atoms with Crippen LogP contribution in [0.3, 0.4) is 0 Å². The number of hydrogen-bond donors (Lipinski definition) is 2. The average Bonchev–Trinajstić information content (AvgIpc) is 2.43. The van der Waals surface area contributed by atoms with E-state index >= 15 is 0 Å². The van der Waals surface area contributed by atoms with E-state index in [1.165, 1.54) is 4.90 Å². The summed E-state index contributed by atoms with van der Waals surface area (Å²) in [4.78, 5) is 25.5. The highest BCUT2D eigenvalue weighted by Gasteiger charge is 2.24. The molecule has 2 amide bonds. The molecule has 0 radical (unpaired) electrons. The Morgan fingerprint density at radius 2 is 1.86 bits per heavy atom. The highest BCUT2D eigenvalue weighted by molar-refractivity contribution is 5.82. The molecule has 0 fully saturated rings. The standard InChI is InChI=1S/C16H25N3O3/c1-16(2,3)22-15(21)19(12-14(20)18-10-9-17)11-13-7-5-4-6-8-13/h4-8H,9-12,17H2,1-3H3,(H,18,20). The number of ether oxygens (including phenoxy) is 1. The molecule has 1 aromatic carbocycles. The summed E-state index contributed by atoms with van der Waals surface area (Å²) in [5.41, 5.74) is 5.67. The summed E-state index contributed by atoms with van der Waals surface area (Å²) in [7, 11) is 0. The van der Waals surface area contributed by atoms with Crippen molar-refractivity contribution in [3.05, 3.63) is 35.9 Å². The van der Waals surface area contributed by atoms with Crippen LogP contribution in [-0.4, -0.2) is 42.1 Å². The van der Waals surface area contributed by atoms with E-state index in [0.717, 1.165) is 5.56 Å². The third-order valence-electron chi connectivity index (χ3n) is 2.67. The smallest absolute Gasteiger partial charge is 0.411 e. The summed E-state index contributed by atoms with van der Waals surface area (Å²) in [5.74, 6) is -0.257. The van der Waals surface area contributed by atoms with E-state index in [1.54, 1.807) is 20.8 Å². The molecule has 6 nitrogen and oxygen atoms in total. The largest absolute Gasteiger partial charge is 0.444 e. The van der Waals surface area contributed by atoms with Gasteiger partial charge in [0.2, 0.25) is 5.91 Å². The van der Waals surface area contributed by atoms with Crippen molar-refractivity contribution >= 4 is 12.0 Å². The zero-order chi connectivity index (χ0) is 16.6. The predicted molar refractivity (Wildman–Crippen MR) is 85.2 cm³/mol. The van der Waals surface area contributed by atoms with Crippen LogP contribution in [0.4, 0.5) is 4.79 Å². The maximum absolute atomic E-state index is 12.3. The number of nitrogens with two attached hydrogens (primary N) is 1. The Labute approximate surface area is 131 Å². The molecular formula is C16H25N3O3. The maximum atomic E-state index is 12.3. The van der Waals surface area contributed by atoms with Gasteiger partial charge in [0.05, 0.1) is 0 Å². The summed E-state index contributed by atoms with van der Waals surface area (Å²) >= 11 is 0. The number of amides is 2. The maximum Gasteiger partial charge on any atom is 0.411 e. The fourth-order valence-electron chi connectivity index (χ4n) is 1.76. The lowest BCUT2D eigenvalue weighted by Gasteiger charge is -2.27. The first-order chi connectivity index (χ1) is 10.3. The molecule has 0 atom stereocenters. The minimum absolute atomic E-state index is 0.0657. The number of carbonyl (C=O) groups excluding carboxylic acids is 2. The number of carbonyl (C=O) groups is 2. The van der Waals surface area contributed by atoms with E-state index in [0.29, 0.717) is 19.6 Å². The highest BCUT2D eigenvalue weighted by Crippen LogP contribution is 2.12. The van der Waals surface area contributed by atoms with Crippen LogP contribution < -0.4 is 11.1 Å². The number of rotatable bonds is 6. The van der Waals surface area contributed by atoms with Gasteiger partial charge in [-0.3, -0.25) is 9.69 Å². The Balaban J connectivity index is 2.76. The molecule has 0 bridgehead atoms. The molecular weight excluding hydrogens is 282 g/mol. The molecule has 3 N–H and O–H groups in total. The SMILES string of the molecule is CC(C)(C)OC(=O)N(CC(=O)NCCN)Cc1ccccc1. The van der Waals surface area contributed by atoms with Crippen LogP contribution in [0.25, 0.3) is 0 Å². The Kier molecular flexibility index (Phi) is 6.85. The van der Waals surface area contributed by atoms with Gasteiger partial charge in [-0.2, -0.15) is 0 Å². The summed E-state index contributed by atoms with van der Waals surface area (Å²) in [6.07, 6.45) is -0.515. The zero-order valence-corrected chi connectivity index (χ0v) is 13.5. The van der Waals surface area contributed by atoms with E-state index in [-0.39, 0.29) is 12.5 Å². The van der Waals surface area contributed by atoms with Gasteiger partial charge in [-0.1, -0.05) is 30.3 Å².